The molecule has 0 unspecified atom stereocenters. The zero-order valence-corrected chi connectivity index (χ0v) is 13.8. The molecule has 0 aliphatic carbocycles. The van der Waals surface area contributed by atoms with Crippen molar-refractivity contribution in [1.82, 2.24) is 5.16 Å². The number of aryl methyl sites for hydroxylation is 2. The van der Waals surface area contributed by atoms with Crippen molar-refractivity contribution in [2.75, 3.05) is 22.7 Å². The molecule has 1 aromatic heterocycles. The molecule has 2 aromatic rings. The molecule has 1 aliphatic rings. The van der Waals surface area contributed by atoms with E-state index in [1.807, 2.05) is 0 Å². The molecule has 8 heteroatoms. The van der Waals surface area contributed by atoms with Crippen LogP contribution >= 0.6 is 0 Å². The minimum absolute atomic E-state index is 0.0523. The lowest BCUT2D eigenvalue weighted by Gasteiger charge is -2.19. The summed E-state index contributed by atoms with van der Waals surface area (Å²) >= 11 is 0. The second kappa shape index (κ2) is 5.84. The van der Waals surface area contributed by atoms with Gasteiger partial charge in [0.25, 0.3) is 10.0 Å². The average Bonchev–Trinajstić information content (AvgIpc) is 3.11. The first-order chi connectivity index (χ1) is 10.9. The Morgan fingerprint density at radius 1 is 1.26 bits per heavy atom. The molecule has 0 amide bonds. The number of halogens is 1. The number of anilines is 2. The summed E-state index contributed by atoms with van der Waals surface area (Å²) in [6.45, 7) is 4.82. The summed E-state index contributed by atoms with van der Waals surface area (Å²) in [5.74, 6) is -0.450. The van der Waals surface area contributed by atoms with Crippen LogP contribution in [0, 0.1) is 19.7 Å². The van der Waals surface area contributed by atoms with E-state index in [1.54, 1.807) is 6.07 Å². The molecule has 0 bridgehead atoms. The van der Waals surface area contributed by atoms with Gasteiger partial charge in [0.15, 0.2) is 10.7 Å². The molecule has 0 radical (unpaired) electrons. The van der Waals surface area contributed by atoms with Crippen molar-refractivity contribution in [2.24, 2.45) is 0 Å². The summed E-state index contributed by atoms with van der Waals surface area (Å²) in [7, 11) is -3.96. The molecule has 1 fully saturated rings. The lowest BCUT2D eigenvalue weighted by molar-refractivity contribution is 0.390. The molecular weight excluding hydrogens is 321 g/mol. The second-order valence-electron chi connectivity index (χ2n) is 5.62. The Hall–Kier alpha value is -2.09. The summed E-state index contributed by atoms with van der Waals surface area (Å²) in [6.07, 6.45) is 2.16. The van der Waals surface area contributed by atoms with Gasteiger partial charge in [-0.2, -0.15) is 0 Å². The van der Waals surface area contributed by atoms with E-state index >= 15 is 0 Å². The van der Waals surface area contributed by atoms with Crippen LogP contribution in [-0.4, -0.2) is 26.7 Å². The van der Waals surface area contributed by atoms with Crippen LogP contribution in [0.1, 0.15) is 24.3 Å². The van der Waals surface area contributed by atoms with E-state index in [4.69, 9.17) is 4.52 Å². The van der Waals surface area contributed by atoms with Gasteiger partial charge >= 0.3 is 0 Å². The Bertz CT molecular complexity index is 807. The van der Waals surface area contributed by atoms with Gasteiger partial charge in [0.2, 0.25) is 0 Å². The molecule has 1 N–H and O–H groups in total. The predicted octanol–water partition coefficient (Wildman–Crippen LogP) is 2.83. The van der Waals surface area contributed by atoms with Crippen molar-refractivity contribution in [1.29, 1.82) is 0 Å². The molecule has 6 nitrogen and oxygen atoms in total. The molecule has 2 heterocycles. The molecule has 0 saturated carbocycles. The molecule has 1 aromatic carbocycles. The first-order valence-electron chi connectivity index (χ1n) is 7.38. The van der Waals surface area contributed by atoms with Crippen LogP contribution < -0.4 is 9.62 Å². The number of hydrogen-bond acceptors (Lipinski definition) is 5. The van der Waals surface area contributed by atoms with Crippen molar-refractivity contribution in [3.05, 3.63) is 35.5 Å². The summed E-state index contributed by atoms with van der Waals surface area (Å²) in [5.41, 5.74) is 0.973. The molecule has 1 saturated heterocycles. The fraction of sp³-hybridized carbons (Fsp3) is 0.400. The van der Waals surface area contributed by atoms with Crippen molar-refractivity contribution in [2.45, 2.75) is 31.6 Å². The van der Waals surface area contributed by atoms with Crippen LogP contribution in [0.2, 0.25) is 0 Å². The fourth-order valence-electron chi connectivity index (χ4n) is 2.82. The van der Waals surface area contributed by atoms with Crippen molar-refractivity contribution in [3.63, 3.8) is 0 Å². The van der Waals surface area contributed by atoms with Gasteiger partial charge in [-0.25, -0.2) is 12.8 Å². The minimum atomic E-state index is -3.96. The van der Waals surface area contributed by atoms with E-state index in [-0.39, 0.29) is 22.0 Å². The average molecular weight is 339 g/mol. The highest BCUT2D eigenvalue weighted by Crippen LogP contribution is 2.28. The number of rotatable bonds is 4. The SMILES string of the molecule is Cc1noc(C)c1S(=O)(=O)Nc1cc(N2CCCC2)ccc1F. The fourth-order valence-corrected chi connectivity index (χ4v) is 4.21. The third kappa shape index (κ3) is 3.03. The molecule has 23 heavy (non-hydrogen) atoms. The van der Waals surface area contributed by atoms with E-state index in [0.29, 0.717) is 0 Å². The van der Waals surface area contributed by atoms with Crippen LogP contribution in [0.4, 0.5) is 15.8 Å². The second-order valence-corrected chi connectivity index (χ2v) is 7.24. The van der Waals surface area contributed by atoms with E-state index < -0.39 is 15.8 Å². The quantitative estimate of drug-likeness (QED) is 0.927. The first-order valence-corrected chi connectivity index (χ1v) is 8.87. The largest absolute Gasteiger partial charge is 0.371 e. The zero-order chi connectivity index (χ0) is 16.6. The number of sulfonamides is 1. The molecule has 124 valence electrons. The van der Waals surface area contributed by atoms with Crippen LogP contribution in [0.25, 0.3) is 0 Å². The Kier molecular flexibility index (Phi) is 4.01. The maximum absolute atomic E-state index is 14.0. The number of hydrogen-bond donors (Lipinski definition) is 1. The maximum Gasteiger partial charge on any atom is 0.267 e. The Morgan fingerprint density at radius 3 is 2.57 bits per heavy atom. The summed E-state index contributed by atoms with van der Waals surface area (Å²) in [6, 6.07) is 4.46. The lowest BCUT2D eigenvalue weighted by Crippen LogP contribution is -2.19. The zero-order valence-electron chi connectivity index (χ0n) is 13.0. The monoisotopic (exact) mass is 339 g/mol. The van der Waals surface area contributed by atoms with E-state index in [9.17, 15) is 12.8 Å². The van der Waals surface area contributed by atoms with Gasteiger partial charge in [0.1, 0.15) is 11.5 Å². The van der Waals surface area contributed by atoms with Crippen LogP contribution in [-0.2, 0) is 10.0 Å². The van der Waals surface area contributed by atoms with Gasteiger partial charge in [0, 0.05) is 18.8 Å². The number of aromatic nitrogens is 1. The topological polar surface area (TPSA) is 75.4 Å². The summed E-state index contributed by atoms with van der Waals surface area (Å²) in [4.78, 5) is 2.05. The summed E-state index contributed by atoms with van der Waals surface area (Å²) < 4.78 is 46.2. The molecule has 1 aliphatic heterocycles. The number of benzene rings is 1. The van der Waals surface area contributed by atoms with Crippen molar-refractivity contribution < 1.29 is 17.3 Å². The third-order valence-electron chi connectivity index (χ3n) is 3.90. The van der Waals surface area contributed by atoms with Gasteiger partial charge in [-0.05, 0) is 44.9 Å². The smallest absolute Gasteiger partial charge is 0.267 e. The maximum atomic E-state index is 14.0. The van der Waals surface area contributed by atoms with E-state index in [0.717, 1.165) is 31.6 Å². The van der Waals surface area contributed by atoms with Gasteiger partial charge in [-0.15, -0.1) is 0 Å². The minimum Gasteiger partial charge on any atom is -0.371 e. The van der Waals surface area contributed by atoms with Crippen LogP contribution in [0.3, 0.4) is 0 Å². The predicted molar refractivity (Wildman–Crippen MR) is 84.6 cm³/mol. The lowest BCUT2D eigenvalue weighted by atomic mass is 10.2. The highest BCUT2D eigenvalue weighted by atomic mass is 32.2. The highest BCUT2D eigenvalue weighted by Gasteiger charge is 2.25. The Balaban J connectivity index is 1.94. The number of nitrogens with one attached hydrogen (secondary N) is 1. The van der Waals surface area contributed by atoms with E-state index in [2.05, 4.69) is 14.8 Å². The molecular formula is C15H18FN3O3S. The van der Waals surface area contributed by atoms with Gasteiger partial charge in [-0.1, -0.05) is 5.16 Å². The standard InChI is InChI=1S/C15H18FN3O3S/c1-10-15(11(2)22-17-10)23(20,21)18-14-9-12(5-6-13(14)16)19-7-3-4-8-19/h5-6,9,18H,3-4,7-8H2,1-2H3. The molecule has 0 spiro atoms. The number of nitrogens with zero attached hydrogens (tertiary/aromatic N) is 2. The normalized spacial score (nSPS) is 15.2. The van der Waals surface area contributed by atoms with Gasteiger partial charge in [-0.3, -0.25) is 4.72 Å². The van der Waals surface area contributed by atoms with Crippen LogP contribution in [0.5, 0.6) is 0 Å². The Labute approximate surface area is 134 Å². The summed E-state index contributed by atoms with van der Waals surface area (Å²) in [5, 5.41) is 3.63. The van der Waals surface area contributed by atoms with Crippen LogP contribution in [0.15, 0.2) is 27.6 Å². The molecule has 0 atom stereocenters. The van der Waals surface area contributed by atoms with E-state index in [1.165, 1.54) is 26.0 Å². The first kappa shape index (κ1) is 15.8. The highest BCUT2D eigenvalue weighted by molar-refractivity contribution is 7.92. The molecule has 3 rings (SSSR count). The third-order valence-corrected chi connectivity index (χ3v) is 5.51. The van der Waals surface area contributed by atoms with Gasteiger partial charge < -0.3 is 9.42 Å². The van der Waals surface area contributed by atoms with Crippen molar-refractivity contribution >= 4 is 21.4 Å². The van der Waals surface area contributed by atoms with Gasteiger partial charge in [0.05, 0.1) is 5.69 Å². The van der Waals surface area contributed by atoms with Crippen molar-refractivity contribution in [3.8, 4) is 0 Å². The Morgan fingerprint density at radius 2 is 1.96 bits per heavy atom.